The standard InChI is InChI=1S/C26H31N5O2/c1-3-18(2)23(19-9-5-4-6-10-19)24(32)29-21-11-7-13-26(21)16-30(17-26)25(33)20-15-31-22(28-20)12-8-14-27-31/h4-6,8-10,12,14-15,18,21,23H,3,7,11,13,16-17H2,1-2H3,(H,29,32). The van der Waals surface area contributed by atoms with E-state index in [0.29, 0.717) is 24.4 Å². The lowest BCUT2D eigenvalue weighted by atomic mass is 9.74. The first-order valence-electron chi connectivity index (χ1n) is 12.0. The van der Waals surface area contributed by atoms with Gasteiger partial charge in [-0.15, -0.1) is 0 Å². The predicted molar refractivity (Wildman–Crippen MR) is 126 cm³/mol. The molecule has 0 radical (unpaired) electrons. The van der Waals surface area contributed by atoms with Crippen LogP contribution in [0.2, 0.25) is 0 Å². The summed E-state index contributed by atoms with van der Waals surface area (Å²) in [5.41, 5.74) is 2.13. The number of hydrogen-bond acceptors (Lipinski definition) is 4. The van der Waals surface area contributed by atoms with Crippen molar-refractivity contribution in [1.29, 1.82) is 0 Å². The predicted octanol–water partition coefficient (Wildman–Crippen LogP) is 3.67. The third kappa shape index (κ3) is 3.90. The van der Waals surface area contributed by atoms with Crippen LogP contribution >= 0.6 is 0 Å². The van der Waals surface area contributed by atoms with Crippen molar-refractivity contribution in [2.75, 3.05) is 13.1 Å². The van der Waals surface area contributed by atoms with E-state index in [1.807, 2.05) is 47.4 Å². The van der Waals surface area contributed by atoms with E-state index in [0.717, 1.165) is 31.2 Å². The molecular formula is C26H31N5O2. The maximum Gasteiger partial charge on any atom is 0.274 e. The summed E-state index contributed by atoms with van der Waals surface area (Å²) in [5.74, 6) is 0.146. The van der Waals surface area contributed by atoms with Gasteiger partial charge in [-0.3, -0.25) is 9.59 Å². The minimum atomic E-state index is -0.155. The van der Waals surface area contributed by atoms with Crippen LogP contribution in [-0.4, -0.2) is 50.4 Å². The lowest BCUT2D eigenvalue weighted by Crippen LogP contribution is -2.65. The number of amides is 2. The van der Waals surface area contributed by atoms with Crippen molar-refractivity contribution in [3.8, 4) is 0 Å². The molecular weight excluding hydrogens is 414 g/mol. The normalized spacial score (nSPS) is 21.0. The molecule has 7 nitrogen and oxygen atoms in total. The molecule has 2 amide bonds. The minimum Gasteiger partial charge on any atom is -0.352 e. The van der Waals surface area contributed by atoms with Crippen molar-refractivity contribution in [3.05, 3.63) is 66.1 Å². The highest BCUT2D eigenvalue weighted by Gasteiger charge is 2.54. The zero-order chi connectivity index (χ0) is 23.0. The third-order valence-corrected chi connectivity index (χ3v) is 7.63. The monoisotopic (exact) mass is 445 g/mol. The van der Waals surface area contributed by atoms with Gasteiger partial charge in [-0.1, -0.05) is 57.0 Å². The molecule has 2 aromatic heterocycles. The molecule has 3 atom stereocenters. The topological polar surface area (TPSA) is 79.6 Å². The number of fused-ring (bicyclic) bond motifs is 1. The number of nitrogens with one attached hydrogen (secondary N) is 1. The average molecular weight is 446 g/mol. The molecule has 1 saturated heterocycles. The average Bonchev–Trinajstić information content (AvgIpc) is 3.42. The summed E-state index contributed by atoms with van der Waals surface area (Å²) >= 11 is 0. The Bertz CT molecular complexity index is 1120. The molecule has 3 aromatic rings. The van der Waals surface area contributed by atoms with Crippen molar-refractivity contribution in [2.45, 2.75) is 51.5 Å². The fraction of sp³-hybridized carbons (Fsp3) is 0.462. The first kappa shape index (κ1) is 21.6. The lowest BCUT2D eigenvalue weighted by Gasteiger charge is -2.51. The number of likely N-dealkylation sites (tertiary alicyclic amines) is 1. The molecule has 2 aliphatic rings. The van der Waals surface area contributed by atoms with Crippen LogP contribution in [0.3, 0.4) is 0 Å². The Kier molecular flexibility index (Phi) is 5.64. The first-order chi connectivity index (χ1) is 16.0. The Labute approximate surface area is 194 Å². The number of carbonyl (C=O) groups excluding carboxylic acids is 2. The summed E-state index contributed by atoms with van der Waals surface area (Å²) < 4.78 is 1.63. The van der Waals surface area contributed by atoms with E-state index in [4.69, 9.17) is 0 Å². The highest BCUT2D eigenvalue weighted by molar-refractivity contribution is 5.93. The van der Waals surface area contributed by atoms with Crippen molar-refractivity contribution < 1.29 is 9.59 Å². The lowest BCUT2D eigenvalue weighted by molar-refractivity contribution is -0.126. The largest absolute Gasteiger partial charge is 0.352 e. The van der Waals surface area contributed by atoms with E-state index in [1.54, 1.807) is 16.9 Å². The Morgan fingerprint density at radius 3 is 2.70 bits per heavy atom. The summed E-state index contributed by atoms with van der Waals surface area (Å²) in [6, 6.07) is 13.8. The number of hydrogen-bond donors (Lipinski definition) is 1. The maximum atomic E-state index is 13.5. The van der Waals surface area contributed by atoms with Gasteiger partial charge in [0.25, 0.3) is 5.91 Å². The van der Waals surface area contributed by atoms with E-state index in [2.05, 4.69) is 29.2 Å². The van der Waals surface area contributed by atoms with Gasteiger partial charge in [0, 0.05) is 30.7 Å². The first-order valence-corrected chi connectivity index (χ1v) is 12.0. The van der Waals surface area contributed by atoms with Gasteiger partial charge in [0.1, 0.15) is 5.69 Å². The van der Waals surface area contributed by atoms with Crippen LogP contribution in [0.5, 0.6) is 0 Å². The molecule has 1 aliphatic heterocycles. The molecule has 1 aromatic carbocycles. The second-order valence-corrected chi connectivity index (χ2v) is 9.70. The van der Waals surface area contributed by atoms with Crippen LogP contribution in [0.4, 0.5) is 0 Å². The maximum absolute atomic E-state index is 13.5. The van der Waals surface area contributed by atoms with Crippen LogP contribution < -0.4 is 5.32 Å². The van der Waals surface area contributed by atoms with Gasteiger partial charge < -0.3 is 10.2 Å². The SMILES string of the molecule is CCC(C)C(C(=O)NC1CCCC12CN(C(=O)c1cn3ncccc3n1)C2)c1ccccc1. The molecule has 172 valence electrons. The van der Waals surface area contributed by atoms with Crippen LogP contribution in [0.15, 0.2) is 54.9 Å². The number of carbonyl (C=O) groups is 2. The Hall–Kier alpha value is -3.22. The van der Waals surface area contributed by atoms with E-state index in [9.17, 15) is 9.59 Å². The fourth-order valence-electron chi connectivity index (χ4n) is 5.59. The summed E-state index contributed by atoms with van der Waals surface area (Å²) in [7, 11) is 0. The minimum absolute atomic E-state index is 0.0284. The van der Waals surface area contributed by atoms with Crippen molar-refractivity contribution in [2.24, 2.45) is 11.3 Å². The highest BCUT2D eigenvalue weighted by atomic mass is 16.2. The van der Waals surface area contributed by atoms with E-state index >= 15 is 0 Å². The van der Waals surface area contributed by atoms with Crippen molar-refractivity contribution in [1.82, 2.24) is 24.8 Å². The van der Waals surface area contributed by atoms with E-state index in [1.165, 1.54) is 0 Å². The van der Waals surface area contributed by atoms with Crippen molar-refractivity contribution in [3.63, 3.8) is 0 Å². The van der Waals surface area contributed by atoms with E-state index in [-0.39, 0.29) is 35.1 Å². The number of imidazole rings is 1. The quantitative estimate of drug-likeness (QED) is 0.628. The van der Waals surface area contributed by atoms with Crippen LogP contribution in [0, 0.1) is 11.3 Å². The van der Waals surface area contributed by atoms with Crippen molar-refractivity contribution >= 4 is 17.5 Å². The number of aromatic nitrogens is 3. The molecule has 1 spiro atoms. The van der Waals surface area contributed by atoms with Gasteiger partial charge in [0.05, 0.1) is 12.1 Å². The smallest absolute Gasteiger partial charge is 0.274 e. The molecule has 33 heavy (non-hydrogen) atoms. The number of rotatable bonds is 6. The van der Waals surface area contributed by atoms with E-state index < -0.39 is 0 Å². The molecule has 7 heteroatoms. The van der Waals surface area contributed by atoms with Gasteiger partial charge in [-0.25, -0.2) is 9.50 Å². The molecule has 3 unspecified atom stereocenters. The zero-order valence-electron chi connectivity index (χ0n) is 19.3. The van der Waals surface area contributed by atoms with Crippen LogP contribution in [0.1, 0.15) is 61.5 Å². The Morgan fingerprint density at radius 1 is 1.18 bits per heavy atom. The van der Waals surface area contributed by atoms with Crippen LogP contribution in [0.25, 0.3) is 5.65 Å². The fourth-order valence-corrected chi connectivity index (χ4v) is 5.59. The second kappa shape index (κ2) is 8.61. The van der Waals surface area contributed by atoms with Gasteiger partial charge in [-0.2, -0.15) is 5.10 Å². The summed E-state index contributed by atoms with van der Waals surface area (Å²) in [6.45, 7) is 5.61. The van der Waals surface area contributed by atoms with Crippen LogP contribution in [-0.2, 0) is 4.79 Å². The summed E-state index contributed by atoms with van der Waals surface area (Å²) in [5, 5.41) is 7.60. The number of benzene rings is 1. The molecule has 2 fully saturated rings. The van der Waals surface area contributed by atoms with Gasteiger partial charge in [0.2, 0.25) is 5.91 Å². The number of nitrogens with zero attached hydrogens (tertiary/aromatic N) is 4. The Morgan fingerprint density at radius 2 is 1.97 bits per heavy atom. The third-order valence-electron chi connectivity index (χ3n) is 7.63. The molecule has 1 aliphatic carbocycles. The van der Waals surface area contributed by atoms with Gasteiger partial charge >= 0.3 is 0 Å². The highest BCUT2D eigenvalue weighted by Crippen LogP contribution is 2.46. The summed E-state index contributed by atoms with van der Waals surface area (Å²) in [6.07, 6.45) is 7.38. The molecule has 1 saturated carbocycles. The Balaban J connectivity index is 1.27. The molecule has 0 bridgehead atoms. The molecule has 5 rings (SSSR count). The molecule has 1 N–H and O–H groups in total. The second-order valence-electron chi connectivity index (χ2n) is 9.70. The van der Waals surface area contributed by atoms with Gasteiger partial charge in [0.15, 0.2) is 5.65 Å². The summed E-state index contributed by atoms with van der Waals surface area (Å²) in [4.78, 5) is 32.8. The zero-order valence-corrected chi connectivity index (χ0v) is 19.3. The molecule has 3 heterocycles. The van der Waals surface area contributed by atoms with Gasteiger partial charge in [-0.05, 0) is 36.5 Å².